The first-order valence-electron chi connectivity index (χ1n) is 7.93. The van der Waals surface area contributed by atoms with Crippen LogP contribution in [0.25, 0.3) is 0 Å². The van der Waals surface area contributed by atoms with Crippen molar-refractivity contribution in [3.8, 4) is 0 Å². The van der Waals surface area contributed by atoms with E-state index in [1.807, 2.05) is 42.5 Å². The van der Waals surface area contributed by atoms with Crippen molar-refractivity contribution in [2.45, 2.75) is 30.6 Å². The molecule has 2 aromatic carbocycles. The minimum absolute atomic E-state index is 0.148. The Morgan fingerprint density at radius 1 is 1.00 bits per heavy atom. The van der Waals surface area contributed by atoms with E-state index in [9.17, 15) is 4.79 Å². The Labute approximate surface area is 147 Å². The third-order valence-corrected chi connectivity index (χ3v) is 4.79. The van der Waals surface area contributed by atoms with E-state index < -0.39 is 0 Å². The number of halogens is 1. The van der Waals surface area contributed by atoms with Crippen LogP contribution in [-0.2, 0) is 11.2 Å². The van der Waals surface area contributed by atoms with Crippen molar-refractivity contribution in [2.24, 2.45) is 0 Å². The summed E-state index contributed by atoms with van der Waals surface area (Å²) in [4.78, 5) is 13.0. The van der Waals surface area contributed by atoms with E-state index in [4.69, 9.17) is 11.6 Å². The number of amides is 1. The van der Waals surface area contributed by atoms with Crippen LogP contribution in [0.3, 0.4) is 0 Å². The minimum Gasteiger partial charge on any atom is -0.356 e. The summed E-state index contributed by atoms with van der Waals surface area (Å²) in [5.74, 6) is 1.09. The molecule has 0 atom stereocenters. The van der Waals surface area contributed by atoms with E-state index in [1.54, 1.807) is 11.8 Å². The van der Waals surface area contributed by atoms with E-state index in [1.165, 1.54) is 10.5 Å². The first-order chi connectivity index (χ1) is 11.2. The van der Waals surface area contributed by atoms with Gasteiger partial charge in [0.15, 0.2) is 0 Å². The number of nitrogens with one attached hydrogen (secondary N) is 1. The lowest BCUT2D eigenvalue weighted by Gasteiger charge is -2.06. The molecular formula is C19H22ClNOS. The molecule has 0 aliphatic rings. The predicted octanol–water partition coefficient (Wildman–Crippen LogP) is 4.96. The standard InChI is InChI=1S/C19H22ClNOS/c20-17-10-12-18(13-11-17)23-15-5-9-19(22)21-14-4-8-16-6-2-1-3-7-16/h1-3,6-7,10-13H,4-5,8-9,14-15H2,(H,21,22). The third kappa shape index (κ3) is 7.58. The molecule has 122 valence electrons. The van der Waals surface area contributed by atoms with Crippen LogP contribution in [0.2, 0.25) is 5.02 Å². The van der Waals surface area contributed by atoms with Crippen LogP contribution in [0.1, 0.15) is 24.8 Å². The molecule has 0 aromatic heterocycles. The van der Waals surface area contributed by atoms with Crippen molar-refractivity contribution in [1.82, 2.24) is 5.32 Å². The summed E-state index contributed by atoms with van der Waals surface area (Å²) < 4.78 is 0. The second-order valence-corrected chi connectivity index (χ2v) is 6.95. The van der Waals surface area contributed by atoms with Gasteiger partial charge < -0.3 is 5.32 Å². The summed E-state index contributed by atoms with van der Waals surface area (Å²) in [6.45, 7) is 0.748. The number of rotatable bonds is 9. The highest BCUT2D eigenvalue weighted by atomic mass is 35.5. The van der Waals surface area contributed by atoms with Crippen molar-refractivity contribution in [1.29, 1.82) is 0 Å². The van der Waals surface area contributed by atoms with Gasteiger partial charge in [-0.1, -0.05) is 41.9 Å². The second kappa shape index (κ2) is 10.3. The highest BCUT2D eigenvalue weighted by Crippen LogP contribution is 2.21. The van der Waals surface area contributed by atoms with Gasteiger partial charge in [-0.2, -0.15) is 0 Å². The van der Waals surface area contributed by atoms with Crippen molar-refractivity contribution in [3.63, 3.8) is 0 Å². The number of hydrogen-bond donors (Lipinski definition) is 1. The molecule has 0 radical (unpaired) electrons. The Morgan fingerprint density at radius 3 is 2.48 bits per heavy atom. The van der Waals surface area contributed by atoms with Gasteiger partial charge >= 0.3 is 0 Å². The summed E-state index contributed by atoms with van der Waals surface area (Å²) >= 11 is 7.61. The Bertz CT molecular complexity index is 586. The summed E-state index contributed by atoms with van der Waals surface area (Å²) in [6.07, 6.45) is 3.46. The second-order valence-electron chi connectivity index (χ2n) is 5.35. The molecule has 0 heterocycles. The Morgan fingerprint density at radius 2 is 1.74 bits per heavy atom. The highest BCUT2D eigenvalue weighted by molar-refractivity contribution is 7.99. The van der Waals surface area contributed by atoms with Crippen molar-refractivity contribution < 1.29 is 4.79 Å². The zero-order valence-electron chi connectivity index (χ0n) is 13.1. The number of thioether (sulfide) groups is 1. The topological polar surface area (TPSA) is 29.1 Å². The molecule has 1 amide bonds. The fourth-order valence-electron chi connectivity index (χ4n) is 2.21. The van der Waals surface area contributed by atoms with Gasteiger partial charge in [-0.15, -0.1) is 11.8 Å². The maximum absolute atomic E-state index is 11.8. The molecule has 1 N–H and O–H groups in total. The van der Waals surface area contributed by atoms with Crippen LogP contribution in [0.4, 0.5) is 0 Å². The van der Waals surface area contributed by atoms with Crippen molar-refractivity contribution >= 4 is 29.3 Å². The fourth-order valence-corrected chi connectivity index (χ4v) is 3.19. The first-order valence-corrected chi connectivity index (χ1v) is 9.29. The zero-order valence-corrected chi connectivity index (χ0v) is 14.7. The van der Waals surface area contributed by atoms with Gasteiger partial charge in [-0.3, -0.25) is 4.79 Å². The lowest BCUT2D eigenvalue weighted by Crippen LogP contribution is -2.24. The minimum atomic E-state index is 0.148. The number of carbonyl (C=O) groups excluding carboxylic acids is 1. The van der Waals surface area contributed by atoms with Crippen molar-refractivity contribution in [2.75, 3.05) is 12.3 Å². The van der Waals surface area contributed by atoms with Gasteiger partial charge in [0.05, 0.1) is 0 Å². The molecule has 0 unspecified atom stereocenters. The van der Waals surface area contributed by atoms with Crippen LogP contribution in [-0.4, -0.2) is 18.2 Å². The first kappa shape index (κ1) is 17.9. The lowest BCUT2D eigenvalue weighted by atomic mass is 10.1. The number of aryl methyl sites for hydroxylation is 1. The molecule has 0 aliphatic carbocycles. The summed E-state index contributed by atoms with van der Waals surface area (Å²) in [6, 6.07) is 18.2. The van der Waals surface area contributed by atoms with E-state index in [2.05, 4.69) is 17.4 Å². The average molecular weight is 348 g/mol. The van der Waals surface area contributed by atoms with Gasteiger partial charge in [-0.05, 0) is 54.8 Å². The van der Waals surface area contributed by atoms with Crippen LogP contribution in [0, 0.1) is 0 Å². The summed E-state index contributed by atoms with van der Waals surface area (Å²) in [5.41, 5.74) is 1.32. The van der Waals surface area contributed by atoms with E-state index in [0.717, 1.165) is 36.6 Å². The molecule has 0 aliphatic heterocycles. The Balaban J connectivity index is 1.51. The van der Waals surface area contributed by atoms with Crippen LogP contribution in [0.15, 0.2) is 59.5 Å². The molecule has 4 heteroatoms. The number of benzene rings is 2. The van der Waals surface area contributed by atoms with Gasteiger partial charge in [0.1, 0.15) is 0 Å². The molecule has 23 heavy (non-hydrogen) atoms. The molecule has 2 aromatic rings. The molecule has 0 fully saturated rings. The van der Waals surface area contributed by atoms with Crippen molar-refractivity contribution in [3.05, 3.63) is 65.2 Å². The monoisotopic (exact) mass is 347 g/mol. The van der Waals surface area contributed by atoms with E-state index in [0.29, 0.717) is 6.42 Å². The largest absolute Gasteiger partial charge is 0.356 e. The van der Waals surface area contributed by atoms with E-state index in [-0.39, 0.29) is 5.91 Å². The predicted molar refractivity (Wildman–Crippen MR) is 99.2 cm³/mol. The molecular weight excluding hydrogens is 326 g/mol. The molecule has 0 saturated heterocycles. The third-order valence-electron chi connectivity index (χ3n) is 3.44. The molecule has 0 bridgehead atoms. The summed E-state index contributed by atoms with van der Waals surface area (Å²) in [5, 5.41) is 3.75. The van der Waals surface area contributed by atoms with Gasteiger partial charge in [0.2, 0.25) is 5.91 Å². The highest BCUT2D eigenvalue weighted by Gasteiger charge is 2.01. The van der Waals surface area contributed by atoms with Gasteiger partial charge in [0.25, 0.3) is 0 Å². The number of hydrogen-bond acceptors (Lipinski definition) is 2. The molecule has 2 rings (SSSR count). The lowest BCUT2D eigenvalue weighted by molar-refractivity contribution is -0.121. The Kier molecular flexibility index (Phi) is 8.05. The molecule has 0 saturated carbocycles. The van der Waals surface area contributed by atoms with Gasteiger partial charge in [0, 0.05) is 22.9 Å². The maximum Gasteiger partial charge on any atom is 0.220 e. The molecule has 0 spiro atoms. The van der Waals surface area contributed by atoms with Gasteiger partial charge in [-0.25, -0.2) is 0 Å². The smallest absolute Gasteiger partial charge is 0.220 e. The van der Waals surface area contributed by atoms with Crippen LogP contribution >= 0.6 is 23.4 Å². The molecule has 2 nitrogen and oxygen atoms in total. The quantitative estimate of drug-likeness (QED) is 0.513. The normalized spacial score (nSPS) is 10.5. The fraction of sp³-hybridized carbons (Fsp3) is 0.316. The van der Waals surface area contributed by atoms with Crippen LogP contribution < -0.4 is 5.32 Å². The average Bonchev–Trinajstić information content (AvgIpc) is 2.58. The van der Waals surface area contributed by atoms with Crippen LogP contribution in [0.5, 0.6) is 0 Å². The SMILES string of the molecule is O=C(CCCSc1ccc(Cl)cc1)NCCCc1ccccc1. The zero-order chi connectivity index (χ0) is 16.3. The maximum atomic E-state index is 11.8. The number of carbonyl (C=O) groups is 1. The van der Waals surface area contributed by atoms with E-state index >= 15 is 0 Å². The summed E-state index contributed by atoms with van der Waals surface area (Å²) in [7, 11) is 0. The Hall–Kier alpha value is -1.45.